The molecule has 2 rings (SSSR count). The number of aromatic nitrogens is 2. The average molecular weight is 309 g/mol. The number of carbonyl (C=O) groups excluding carboxylic acids is 1. The van der Waals surface area contributed by atoms with Gasteiger partial charge in [0.15, 0.2) is 0 Å². The maximum atomic E-state index is 12.3. The van der Waals surface area contributed by atoms with Crippen LogP contribution in [0.5, 0.6) is 0 Å². The van der Waals surface area contributed by atoms with Crippen molar-refractivity contribution >= 4 is 11.9 Å². The largest absolute Gasteiger partial charge is 0.481 e. The smallest absolute Gasteiger partial charge is 0.309 e. The van der Waals surface area contributed by atoms with Crippen LogP contribution in [0.15, 0.2) is 12.4 Å². The monoisotopic (exact) mass is 309 g/mol. The summed E-state index contributed by atoms with van der Waals surface area (Å²) in [6.45, 7) is 6.85. The van der Waals surface area contributed by atoms with Crippen molar-refractivity contribution in [2.45, 2.75) is 45.3 Å². The molecule has 2 unspecified atom stereocenters. The average Bonchev–Trinajstić information content (AvgIpc) is 2.99. The number of hydrogen-bond acceptors (Lipinski definition) is 4. The molecule has 0 spiro atoms. The summed E-state index contributed by atoms with van der Waals surface area (Å²) in [4.78, 5) is 25.5. The molecule has 1 N–H and O–H groups in total. The number of nitrogens with zero attached hydrogens (tertiary/aromatic N) is 3. The van der Waals surface area contributed by atoms with Crippen LogP contribution in [-0.2, 0) is 20.9 Å². The number of methoxy groups -OCH3 is 1. The van der Waals surface area contributed by atoms with Crippen molar-refractivity contribution in [1.29, 1.82) is 0 Å². The molecule has 1 aliphatic heterocycles. The maximum absolute atomic E-state index is 12.3. The number of rotatable bonds is 5. The molecule has 0 saturated carbocycles. The third-order valence-electron chi connectivity index (χ3n) is 3.88. The Morgan fingerprint density at radius 2 is 2.18 bits per heavy atom. The first-order valence-electron chi connectivity index (χ1n) is 7.32. The fraction of sp³-hybridized carbons (Fsp3) is 0.667. The van der Waals surface area contributed by atoms with Gasteiger partial charge in [0.1, 0.15) is 0 Å². The Morgan fingerprint density at radius 3 is 2.73 bits per heavy atom. The summed E-state index contributed by atoms with van der Waals surface area (Å²) in [5.41, 5.74) is 0.310. The normalized spacial score (nSPS) is 22.4. The van der Waals surface area contributed by atoms with Crippen molar-refractivity contribution in [1.82, 2.24) is 14.7 Å². The summed E-state index contributed by atoms with van der Waals surface area (Å²) < 4.78 is 6.72. The predicted octanol–water partition coefficient (Wildman–Crippen LogP) is 1.30. The molecule has 7 nitrogen and oxygen atoms in total. The standard InChI is InChI=1S/C15H23N3O4/c1-15(2,3)18-12(19)7-11(14(20)21)13(18)10-8-16-17(9-10)5-6-22-4/h8-9,11,13H,5-7H2,1-4H3,(H,20,21). The molecule has 1 aliphatic rings. The summed E-state index contributed by atoms with van der Waals surface area (Å²) in [6, 6.07) is -0.485. The fourth-order valence-electron chi connectivity index (χ4n) is 2.97. The van der Waals surface area contributed by atoms with Crippen LogP contribution >= 0.6 is 0 Å². The van der Waals surface area contributed by atoms with E-state index in [9.17, 15) is 14.7 Å². The van der Waals surface area contributed by atoms with Crippen molar-refractivity contribution in [3.8, 4) is 0 Å². The van der Waals surface area contributed by atoms with Crippen molar-refractivity contribution in [2.24, 2.45) is 5.92 Å². The minimum Gasteiger partial charge on any atom is -0.481 e. The lowest BCUT2D eigenvalue weighted by molar-refractivity contribution is -0.142. The highest BCUT2D eigenvalue weighted by atomic mass is 16.5. The van der Waals surface area contributed by atoms with Crippen LogP contribution in [0.2, 0.25) is 0 Å². The van der Waals surface area contributed by atoms with E-state index in [1.165, 1.54) is 0 Å². The molecule has 2 atom stereocenters. The first-order valence-corrected chi connectivity index (χ1v) is 7.32. The lowest BCUT2D eigenvalue weighted by Crippen LogP contribution is -2.44. The van der Waals surface area contributed by atoms with E-state index >= 15 is 0 Å². The Balaban J connectivity index is 2.35. The highest BCUT2D eigenvalue weighted by Gasteiger charge is 2.49. The molecule has 1 saturated heterocycles. The number of ether oxygens (including phenoxy) is 1. The van der Waals surface area contributed by atoms with Gasteiger partial charge in [0.25, 0.3) is 0 Å². The van der Waals surface area contributed by atoms with Crippen LogP contribution < -0.4 is 0 Å². The number of likely N-dealkylation sites (tertiary alicyclic amines) is 1. The van der Waals surface area contributed by atoms with E-state index in [0.29, 0.717) is 13.2 Å². The molecule has 0 radical (unpaired) electrons. The van der Waals surface area contributed by atoms with Gasteiger partial charge in [0.2, 0.25) is 5.91 Å². The fourth-order valence-corrected chi connectivity index (χ4v) is 2.97. The zero-order valence-corrected chi connectivity index (χ0v) is 13.4. The summed E-state index contributed by atoms with van der Waals surface area (Å²) in [5, 5.41) is 13.7. The van der Waals surface area contributed by atoms with Gasteiger partial charge in [-0.2, -0.15) is 5.10 Å². The molecule has 0 bridgehead atoms. The van der Waals surface area contributed by atoms with E-state index in [1.807, 2.05) is 20.8 Å². The Morgan fingerprint density at radius 1 is 1.50 bits per heavy atom. The van der Waals surface area contributed by atoms with Crippen LogP contribution in [0.1, 0.15) is 38.8 Å². The highest BCUT2D eigenvalue weighted by molar-refractivity contribution is 5.87. The van der Waals surface area contributed by atoms with Crippen LogP contribution in [-0.4, -0.2) is 50.9 Å². The topological polar surface area (TPSA) is 84.7 Å². The number of aliphatic carboxylic acids is 1. The SMILES string of the molecule is COCCn1cc(C2C(C(=O)O)CC(=O)N2C(C)(C)C)cn1. The molecule has 1 fully saturated rings. The minimum atomic E-state index is -0.949. The van der Waals surface area contributed by atoms with Gasteiger partial charge in [-0.3, -0.25) is 14.3 Å². The quantitative estimate of drug-likeness (QED) is 0.886. The first kappa shape index (κ1) is 16.5. The molecule has 22 heavy (non-hydrogen) atoms. The first-order chi connectivity index (χ1) is 10.3. The van der Waals surface area contributed by atoms with Crippen molar-refractivity contribution < 1.29 is 19.4 Å². The number of carbonyl (C=O) groups is 2. The summed E-state index contributed by atoms with van der Waals surface area (Å²) in [5.74, 6) is -1.82. The third-order valence-corrected chi connectivity index (χ3v) is 3.88. The van der Waals surface area contributed by atoms with E-state index in [4.69, 9.17) is 4.74 Å². The minimum absolute atomic E-state index is 0.0283. The van der Waals surface area contributed by atoms with E-state index < -0.39 is 23.5 Å². The molecule has 1 amide bonds. The Bertz CT molecular complexity index is 561. The van der Waals surface area contributed by atoms with Crippen molar-refractivity contribution in [2.75, 3.05) is 13.7 Å². The molecule has 0 aromatic carbocycles. The molecular weight excluding hydrogens is 286 g/mol. The second kappa shape index (κ2) is 6.08. The van der Waals surface area contributed by atoms with Crippen molar-refractivity contribution in [3.63, 3.8) is 0 Å². The zero-order chi connectivity index (χ0) is 16.5. The molecule has 7 heteroatoms. The van der Waals surface area contributed by atoms with Gasteiger partial charge in [-0.15, -0.1) is 0 Å². The number of hydrogen-bond donors (Lipinski definition) is 1. The van der Waals surface area contributed by atoms with Gasteiger partial charge in [0, 0.05) is 30.8 Å². The van der Waals surface area contributed by atoms with E-state index in [0.717, 1.165) is 5.56 Å². The Kier molecular flexibility index (Phi) is 4.55. The Hall–Kier alpha value is -1.89. The van der Waals surface area contributed by atoms with Gasteiger partial charge < -0.3 is 14.7 Å². The summed E-state index contributed by atoms with van der Waals surface area (Å²) in [6.07, 6.45) is 3.48. The van der Waals surface area contributed by atoms with Crippen LogP contribution in [0.3, 0.4) is 0 Å². The second-order valence-corrected chi connectivity index (χ2v) is 6.56. The van der Waals surface area contributed by atoms with Crippen LogP contribution in [0.4, 0.5) is 0 Å². The predicted molar refractivity (Wildman–Crippen MR) is 79.2 cm³/mol. The van der Waals surface area contributed by atoms with Crippen molar-refractivity contribution in [3.05, 3.63) is 18.0 Å². The number of carboxylic acids is 1. The van der Waals surface area contributed by atoms with E-state index in [-0.39, 0.29) is 12.3 Å². The highest BCUT2D eigenvalue weighted by Crippen LogP contribution is 2.42. The summed E-state index contributed by atoms with van der Waals surface area (Å²) in [7, 11) is 1.61. The van der Waals surface area contributed by atoms with Gasteiger partial charge in [-0.05, 0) is 20.8 Å². The molecule has 2 heterocycles. The second-order valence-electron chi connectivity index (χ2n) is 6.56. The summed E-state index contributed by atoms with van der Waals surface area (Å²) >= 11 is 0. The molecular formula is C15H23N3O4. The van der Waals surface area contributed by atoms with E-state index in [1.54, 1.807) is 29.1 Å². The number of carboxylic acid groups (broad SMARTS) is 1. The number of amides is 1. The lowest BCUT2D eigenvalue weighted by Gasteiger charge is -2.37. The molecule has 0 aliphatic carbocycles. The molecule has 1 aromatic rings. The third kappa shape index (κ3) is 3.14. The lowest BCUT2D eigenvalue weighted by atomic mass is 9.93. The van der Waals surface area contributed by atoms with Crippen LogP contribution in [0, 0.1) is 5.92 Å². The molecule has 1 aromatic heterocycles. The zero-order valence-electron chi connectivity index (χ0n) is 13.4. The van der Waals surface area contributed by atoms with Crippen LogP contribution in [0.25, 0.3) is 0 Å². The van der Waals surface area contributed by atoms with Gasteiger partial charge in [-0.1, -0.05) is 0 Å². The molecule has 122 valence electrons. The maximum Gasteiger partial charge on any atom is 0.309 e. The van der Waals surface area contributed by atoms with Gasteiger partial charge in [0.05, 0.1) is 31.3 Å². The van der Waals surface area contributed by atoms with Gasteiger partial charge in [-0.25, -0.2) is 0 Å². The van der Waals surface area contributed by atoms with E-state index in [2.05, 4.69) is 5.10 Å². The van der Waals surface area contributed by atoms with Gasteiger partial charge >= 0.3 is 5.97 Å². The Labute approximate surface area is 129 Å².